The van der Waals surface area contributed by atoms with Crippen molar-refractivity contribution in [1.82, 2.24) is 15.2 Å². The molecule has 0 unspecified atom stereocenters. The monoisotopic (exact) mass is 394 g/mol. The first-order valence-electron chi connectivity index (χ1n) is 8.67. The Labute approximate surface area is 164 Å². The fourth-order valence-electron chi connectivity index (χ4n) is 3.01. The Morgan fingerprint density at radius 1 is 1.18 bits per heavy atom. The van der Waals surface area contributed by atoms with E-state index in [2.05, 4.69) is 26.6 Å². The van der Waals surface area contributed by atoms with Gasteiger partial charge >= 0.3 is 5.63 Å². The Kier molecular flexibility index (Phi) is 4.66. The summed E-state index contributed by atoms with van der Waals surface area (Å²) in [6.45, 7) is 5.61. The van der Waals surface area contributed by atoms with Crippen LogP contribution in [-0.2, 0) is 6.61 Å². The van der Waals surface area contributed by atoms with E-state index >= 15 is 0 Å². The zero-order valence-corrected chi connectivity index (χ0v) is 16.4. The van der Waals surface area contributed by atoms with Crippen LogP contribution in [0.5, 0.6) is 0 Å². The molecule has 7 nitrogen and oxygen atoms in total. The highest BCUT2D eigenvalue weighted by Crippen LogP contribution is 2.30. The minimum absolute atomic E-state index is 0.202. The number of anilines is 2. The van der Waals surface area contributed by atoms with Crippen molar-refractivity contribution in [3.63, 3.8) is 0 Å². The summed E-state index contributed by atoms with van der Waals surface area (Å²) in [6.07, 6.45) is 1.58. The van der Waals surface area contributed by atoms with Gasteiger partial charge in [0.25, 0.3) is 0 Å². The van der Waals surface area contributed by atoms with Crippen molar-refractivity contribution in [2.45, 2.75) is 27.4 Å². The Morgan fingerprint density at radius 2 is 2.00 bits per heavy atom. The molecule has 0 spiro atoms. The molecular formula is C20H18N4O3S. The number of benzene rings is 1. The predicted octanol–water partition coefficient (Wildman–Crippen LogP) is 3.87. The Morgan fingerprint density at radius 3 is 2.75 bits per heavy atom. The first-order chi connectivity index (χ1) is 13.5. The van der Waals surface area contributed by atoms with Gasteiger partial charge in [-0.25, -0.2) is 4.79 Å². The van der Waals surface area contributed by atoms with Gasteiger partial charge in [-0.2, -0.15) is 0 Å². The number of nitrogens with one attached hydrogen (secondary N) is 1. The van der Waals surface area contributed by atoms with Gasteiger partial charge in [0, 0.05) is 22.8 Å². The van der Waals surface area contributed by atoms with Crippen LogP contribution in [0.1, 0.15) is 22.4 Å². The molecule has 8 heteroatoms. The third-order valence-corrected chi connectivity index (χ3v) is 5.36. The van der Waals surface area contributed by atoms with E-state index in [1.807, 2.05) is 26.0 Å². The van der Waals surface area contributed by atoms with E-state index in [4.69, 9.17) is 4.42 Å². The van der Waals surface area contributed by atoms with Gasteiger partial charge in [0.2, 0.25) is 5.13 Å². The number of aliphatic hydroxyl groups excluding tert-OH is 1. The number of hydrogen-bond donors (Lipinski definition) is 2. The van der Waals surface area contributed by atoms with Crippen molar-refractivity contribution in [2.75, 3.05) is 5.32 Å². The standard InChI is InChI=1S/C20H18N4O3S/c1-10-4-5-16(11(2)6-10)22-20-24-23-18(28-20)15-7-14-13(9-25)8-21-12(3)17(14)27-19(15)26/h4-8,25H,9H2,1-3H3,(H,22,24). The van der Waals surface area contributed by atoms with Crippen LogP contribution < -0.4 is 10.9 Å². The molecule has 28 heavy (non-hydrogen) atoms. The minimum atomic E-state index is -0.512. The molecule has 3 heterocycles. The molecule has 0 aliphatic rings. The lowest BCUT2D eigenvalue weighted by Gasteiger charge is -2.07. The number of pyridine rings is 1. The number of aromatic nitrogens is 3. The van der Waals surface area contributed by atoms with E-state index in [0.29, 0.717) is 37.9 Å². The molecule has 0 radical (unpaired) electrons. The van der Waals surface area contributed by atoms with Crippen molar-refractivity contribution in [2.24, 2.45) is 0 Å². The molecule has 0 amide bonds. The van der Waals surface area contributed by atoms with Crippen LogP contribution in [0.4, 0.5) is 10.8 Å². The highest BCUT2D eigenvalue weighted by atomic mass is 32.1. The zero-order valence-electron chi connectivity index (χ0n) is 15.6. The molecule has 1 aromatic carbocycles. The Bertz CT molecular complexity index is 1250. The summed E-state index contributed by atoms with van der Waals surface area (Å²) in [6, 6.07) is 7.76. The summed E-state index contributed by atoms with van der Waals surface area (Å²) in [7, 11) is 0. The van der Waals surface area contributed by atoms with Crippen LogP contribution in [0.15, 0.2) is 39.7 Å². The van der Waals surface area contributed by atoms with Gasteiger partial charge in [-0.3, -0.25) is 4.98 Å². The largest absolute Gasteiger partial charge is 0.420 e. The molecule has 0 fully saturated rings. The van der Waals surface area contributed by atoms with Crippen molar-refractivity contribution in [3.8, 4) is 10.6 Å². The van der Waals surface area contributed by atoms with E-state index < -0.39 is 5.63 Å². The Balaban J connectivity index is 1.75. The molecule has 0 atom stereocenters. The maximum Gasteiger partial charge on any atom is 0.346 e. The van der Waals surface area contributed by atoms with Gasteiger partial charge in [-0.1, -0.05) is 29.0 Å². The second kappa shape index (κ2) is 7.14. The van der Waals surface area contributed by atoms with E-state index in [9.17, 15) is 9.90 Å². The molecule has 2 N–H and O–H groups in total. The van der Waals surface area contributed by atoms with Gasteiger partial charge in [0.15, 0.2) is 10.6 Å². The average Bonchev–Trinajstić information content (AvgIpc) is 3.13. The van der Waals surface area contributed by atoms with E-state index in [1.165, 1.54) is 16.9 Å². The van der Waals surface area contributed by atoms with Crippen LogP contribution in [0.2, 0.25) is 0 Å². The van der Waals surface area contributed by atoms with Crippen LogP contribution in [0.3, 0.4) is 0 Å². The predicted molar refractivity (Wildman–Crippen MR) is 109 cm³/mol. The first-order valence-corrected chi connectivity index (χ1v) is 9.49. The highest BCUT2D eigenvalue weighted by Gasteiger charge is 2.16. The first kappa shape index (κ1) is 18.3. The van der Waals surface area contributed by atoms with E-state index in [0.717, 1.165) is 11.3 Å². The van der Waals surface area contributed by atoms with Gasteiger partial charge in [-0.15, -0.1) is 10.2 Å². The molecule has 4 aromatic rings. The van der Waals surface area contributed by atoms with Crippen molar-refractivity contribution in [3.05, 3.63) is 63.3 Å². The number of nitrogens with zero attached hydrogens (tertiary/aromatic N) is 3. The fourth-order valence-corrected chi connectivity index (χ4v) is 3.77. The van der Waals surface area contributed by atoms with Gasteiger partial charge in [-0.05, 0) is 38.5 Å². The van der Waals surface area contributed by atoms with Gasteiger partial charge in [0.1, 0.15) is 0 Å². The highest BCUT2D eigenvalue weighted by molar-refractivity contribution is 7.18. The van der Waals surface area contributed by atoms with Crippen LogP contribution in [0, 0.1) is 20.8 Å². The number of aliphatic hydroxyl groups is 1. The summed E-state index contributed by atoms with van der Waals surface area (Å²) in [5.41, 5.74) is 4.55. The summed E-state index contributed by atoms with van der Waals surface area (Å²) >= 11 is 1.26. The lowest BCUT2D eigenvalue weighted by atomic mass is 10.1. The number of hydrogen-bond acceptors (Lipinski definition) is 8. The molecule has 3 aromatic heterocycles. The topological polar surface area (TPSA) is 101 Å². The second-order valence-electron chi connectivity index (χ2n) is 6.57. The quantitative estimate of drug-likeness (QED) is 0.542. The molecule has 142 valence electrons. The lowest BCUT2D eigenvalue weighted by molar-refractivity contribution is 0.282. The molecule has 0 saturated heterocycles. The second-order valence-corrected chi connectivity index (χ2v) is 7.55. The maximum atomic E-state index is 12.5. The molecule has 0 aliphatic carbocycles. The van der Waals surface area contributed by atoms with E-state index in [-0.39, 0.29) is 6.61 Å². The number of rotatable bonds is 4. The third kappa shape index (κ3) is 3.28. The van der Waals surface area contributed by atoms with Crippen molar-refractivity contribution in [1.29, 1.82) is 0 Å². The Hall–Kier alpha value is -3.10. The summed E-state index contributed by atoms with van der Waals surface area (Å²) in [4.78, 5) is 16.7. The summed E-state index contributed by atoms with van der Waals surface area (Å²) in [5.74, 6) is 0. The van der Waals surface area contributed by atoms with Crippen molar-refractivity contribution >= 4 is 33.1 Å². The smallest absolute Gasteiger partial charge is 0.346 e. The SMILES string of the molecule is Cc1ccc(Nc2nnc(-c3cc4c(CO)cnc(C)c4oc3=O)s2)c(C)c1. The van der Waals surface area contributed by atoms with E-state index in [1.54, 1.807) is 19.2 Å². The normalized spacial score (nSPS) is 11.1. The number of aryl methyl sites for hydroxylation is 3. The van der Waals surface area contributed by atoms with Crippen LogP contribution in [-0.4, -0.2) is 20.3 Å². The minimum Gasteiger partial charge on any atom is -0.420 e. The lowest BCUT2D eigenvalue weighted by Crippen LogP contribution is -2.05. The van der Waals surface area contributed by atoms with Crippen LogP contribution >= 0.6 is 11.3 Å². The molecular weight excluding hydrogens is 376 g/mol. The van der Waals surface area contributed by atoms with Gasteiger partial charge < -0.3 is 14.8 Å². The summed E-state index contributed by atoms with van der Waals surface area (Å²) < 4.78 is 5.47. The zero-order chi connectivity index (χ0) is 19.8. The molecule has 0 aliphatic heterocycles. The van der Waals surface area contributed by atoms with Crippen molar-refractivity contribution < 1.29 is 9.52 Å². The molecule has 4 rings (SSSR count). The molecule has 0 bridgehead atoms. The average molecular weight is 394 g/mol. The number of fused-ring (bicyclic) bond motifs is 1. The molecule has 0 saturated carbocycles. The fraction of sp³-hybridized carbons (Fsp3) is 0.200. The van der Waals surface area contributed by atoms with Crippen LogP contribution in [0.25, 0.3) is 21.5 Å². The van der Waals surface area contributed by atoms with Gasteiger partial charge in [0.05, 0.1) is 17.9 Å². The third-order valence-electron chi connectivity index (χ3n) is 4.49. The summed E-state index contributed by atoms with van der Waals surface area (Å²) in [5, 5.41) is 22.8. The maximum absolute atomic E-state index is 12.5.